The van der Waals surface area contributed by atoms with E-state index in [4.69, 9.17) is 4.74 Å². The molecule has 7 heteroatoms. The lowest BCUT2D eigenvalue weighted by molar-refractivity contribution is -0.390. The van der Waals surface area contributed by atoms with Gasteiger partial charge in [-0.25, -0.2) is 0 Å². The van der Waals surface area contributed by atoms with Crippen LogP contribution >= 0.6 is 0 Å². The van der Waals surface area contributed by atoms with E-state index in [0.717, 1.165) is 12.8 Å². The molecule has 0 fully saturated rings. The smallest absolute Gasteiger partial charge is 0.406 e. The minimum absolute atomic E-state index is 0.00635. The van der Waals surface area contributed by atoms with Gasteiger partial charge in [-0.2, -0.15) is 0 Å². The number of carbonyl (C=O) groups excluding carboxylic acids is 1. The Labute approximate surface area is 104 Å². The van der Waals surface area contributed by atoms with Gasteiger partial charge in [0.25, 0.3) is 5.91 Å². The number of unbranched alkanes of at least 4 members (excludes halogenated alkanes) is 1. The van der Waals surface area contributed by atoms with E-state index in [2.05, 4.69) is 10.3 Å². The Morgan fingerprint density at radius 1 is 1.61 bits per heavy atom. The molecule has 98 valence electrons. The number of ether oxygens (including phenoxy) is 1. The maximum atomic E-state index is 11.3. The summed E-state index contributed by atoms with van der Waals surface area (Å²) in [5.74, 6) is -0.700. The molecule has 0 aliphatic carbocycles. The van der Waals surface area contributed by atoms with E-state index in [1.165, 1.54) is 18.3 Å². The SMILES string of the molecule is CCCCNC(=O)COc1cccnc1[N+](=O)[O-]. The van der Waals surface area contributed by atoms with Crippen LogP contribution in [-0.4, -0.2) is 29.0 Å². The van der Waals surface area contributed by atoms with Crippen LogP contribution in [0.2, 0.25) is 0 Å². The number of pyridine rings is 1. The van der Waals surface area contributed by atoms with Crippen LogP contribution in [0.1, 0.15) is 19.8 Å². The number of amides is 1. The average molecular weight is 253 g/mol. The lowest BCUT2D eigenvalue weighted by atomic mass is 10.3. The van der Waals surface area contributed by atoms with Gasteiger partial charge in [0.05, 0.1) is 0 Å². The second-order valence-corrected chi connectivity index (χ2v) is 3.57. The third-order valence-corrected chi connectivity index (χ3v) is 2.14. The van der Waals surface area contributed by atoms with Gasteiger partial charge < -0.3 is 20.2 Å². The van der Waals surface area contributed by atoms with Crippen molar-refractivity contribution < 1.29 is 14.5 Å². The third-order valence-electron chi connectivity index (χ3n) is 2.14. The average Bonchev–Trinajstić information content (AvgIpc) is 2.37. The van der Waals surface area contributed by atoms with Crippen LogP contribution in [0.15, 0.2) is 18.3 Å². The molecule has 1 aromatic heterocycles. The van der Waals surface area contributed by atoms with E-state index < -0.39 is 4.92 Å². The van der Waals surface area contributed by atoms with Gasteiger partial charge in [0.2, 0.25) is 5.75 Å². The Kier molecular flexibility index (Phi) is 5.56. The maximum Gasteiger partial charge on any atom is 0.406 e. The molecule has 18 heavy (non-hydrogen) atoms. The molecule has 7 nitrogen and oxygen atoms in total. The van der Waals surface area contributed by atoms with Crippen molar-refractivity contribution in [1.29, 1.82) is 0 Å². The van der Waals surface area contributed by atoms with Gasteiger partial charge in [0, 0.05) is 6.54 Å². The normalized spacial score (nSPS) is 9.83. The molecule has 0 aliphatic rings. The highest BCUT2D eigenvalue weighted by Gasteiger charge is 2.16. The Bertz CT molecular complexity index is 423. The second-order valence-electron chi connectivity index (χ2n) is 3.57. The van der Waals surface area contributed by atoms with E-state index in [1.54, 1.807) is 0 Å². The second kappa shape index (κ2) is 7.21. The van der Waals surface area contributed by atoms with Gasteiger partial charge in [-0.05, 0) is 28.5 Å². The number of rotatable bonds is 7. The van der Waals surface area contributed by atoms with Crippen LogP contribution in [0.3, 0.4) is 0 Å². The molecule has 1 N–H and O–H groups in total. The van der Waals surface area contributed by atoms with Crippen molar-refractivity contribution >= 4 is 11.7 Å². The molecule has 0 aromatic carbocycles. The topological polar surface area (TPSA) is 94.4 Å². The van der Waals surface area contributed by atoms with Gasteiger partial charge in [-0.15, -0.1) is 0 Å². The summed E-state index contributed by atoms with van der Waals surface area (Å²) >= 11 is 0. The summed E-state index contributed by atoms with van der Waals surface area (Å²) in [6.07, 6.45) is 3.17. The number of nitrogens with one attached hydrogen (secondary N) is 1. The van der Waals surface area contributed by atoms with Gasteiger partial charge in [0.1, 0.15) is 6.20 Å². The number of nitrogens with zero attached hydrogens (tertiary/aromatic N) is 2. The van der Waals surface area contributed by atoms with Crippen molar-refractivity contribution in [3.05, 3.63) is 28.4 Å². The van der Waals surface area contributed by atoms with Gasteiger partial charge >= 0.3 is 5.82 Å². The van der Waals surface area contributed by atoms with Gasteiger partial charge in [-0.1, -0.05) is 13.3 Å². The molecule has 0 radical (unpaired) electrons. The molecule has 0 bridgehead atoms. The van der Waals surface area contributed by atoms with Crippen molar-refractivity contribution in [2.24, 2.45) is 0 Å². The molecule has 0 saturated heterocycles. The van der Waals surface area contributed by atoms with Crippen molar-refractivity contribution in [1.82, 2.24) is 10.3 Å². The first-order valence-electron chi connectivity index (χ1n) is 5.64. The summed E-state index contributed by atoms with van der Waals surface area (Å²) < 4.78 is 5.07. The molecule has 0 aliphatic heterocycles. The summed E-state index contributed by atoms with van der Waals surface area (Å²) in [5, 5.41) is 13.3. The lowest BCUT2D eigenvalue weighted by Crippen LogP contribution is -2.29. The van der Waals surface area contributed by atoms with E-state index in [1.807, 2.05) is 6.92 Å². The predicted octanol–water partition coefficient (Wildman–Crippen LogP) is 1.28. The van der Waals surface area contributed by atoms with Crippen LogP contribution in [-0.2, 0) is 4.79 Å². The summed E-state index contributed by atoms with van der Waals surface area (Å²) in [7, 11) is 0. The first-order valence-corrected chi connectivity index (χ1v) is 5.64. The maximum absolute atomic E-state index is 11.3. The molecular formula is C11H15N3O4. The summed E-state index contributed by atoms with van der Waals surface area (Å²) in [4.78, 5) is 24.9. The minimum Gasteiger partial charge on any atom is -0.476 e. The molecule has 0 spiro atoms. The molecule has 1 rings (SSSR count). The Morgan fingerprint density at radius 2 is 2.39 bits per heavy atom. The summed E-state index contributed by atoms with van der Waals surface area (Å²) in [6, 6.07) is 2.92. The fraction of sp³-hybridized carbons (Fsp3) is 0.455. The standard InChI is InChI=1S/C11H15N3O4/c1-2-3-6-12-10(15)8-18-9-5-4-7-13-11(9)14(16)17/h4-5,7H,2-3,6,8H2,1H3,(H,12,15). The largest absolute Gasteiger partial charge is 0.476 e. The molecular weight excluding hydrogens is 238 g/mol. The highest BCUT2D eigenvalue weighted by atomic mass is 16.6. The van der Waals surface area contributed by atoms with Crippen LogP contribution < -0.4 is 10.1 Å². The fourth-order valence-electron chi connectivity index (χ4n) is 1.23. The minimum atomic E-state index is -0.648. The zero-order chi connectivity index (χ0) is 13.4. The van der Waals surface area contributed by atoms with E-state index >= 15 is 0 Å². The molecule has 1 amide bonds. The molecule has 0 atom stereocenters. The quantitative estimate of drug-likeness (QED) is 0.449. The number of aromatic nitrogens is 1. The number of hydrogen-bond acceptors (Lipinski definition) is 5. The first kappa shape index (κ1) is 13.9. The summed E-state index contributed by atoms with van der Waals surface area (Å²) in [5.41, 5.74) is 0. The molecule has 0 unspecified atom stereocenters. The molecule has 1 aromatic rings. The van der Waals surface area contributed by atoms with Crippen LogP contribution in [0.4, 0.5) is 5.82 Å². The highest BCUT2D eigenvalue weighted by molar-refractivity contribution is 5.77. The van der Waals surface area contributed by atoms with Crippen molar-refractivity contribution in [3.63, 3.8) is 0 Å². The highest BCUT2D eigenvalue weighted by Crippen LogP contribution is 2.22. The predicted molar refractivity (Wildman–Crippen MR) is 64.3 cm³/mol. The number of carbonyl (C=O) groups is 1. The van der Waals surface area contributed by atoms with Gasteiger partial charge in [0.15, 0.2) is 6.61 Å². The Hall–Kier alpha value is -2.18. The van der Waals surface area contributed by atoms with Crippen molar-refractivity contribution in [2.45, 2.75) is 19.8 Å². The zero-order valence-corrected chi connectivity index (χ0v) is 10.1. The van der Waals surface area contributed by atoms with Gasteiger partial charge in [-0.3, -0.25) is 4.79 Å². The van der Waals surface area contributed by atoms with E-state index in [-0.39, 0.29) is 24.1 Å². The Balaban J connectivity index is 2.48. The molecule has 1 heterocycles. The third kappa shape index (κ3) is 4.36. The van der Waals surface area contributed by atoms with E-state index in [9.17, 15) is 14.9 Å². The zero-order valence-electron chi connectivity index (χ0n) is 10.1. The monoisotopic (exact) mass is 253 g/mol. The van der Waals surface area contributed by atoms with Crippen LogP contribution in [0.25, 0.3) is 0 Å². The van der Waals surface area contributed by atoms with E-state index in [0.29, 0.717) is 6.54 Å². The van der Waals surface area contributed by atoms with Crippen molar-refractivity contribution in [3.8, 4) is 5.75 Å². The summed E-state index contributed by atoms with van der Waals surface area (Å²) in [6.45, 7) is 2.34. The molecule has 0 saturated carbocycles. The Morgan fingerprint density at radius 3 is 3.06 bits per heavy atom. The first-order chi connectivity index (χ1) is 8.65. The fourth-order valence-corrected chi connectivity index (χ4v) is 1.23. The lowest BCUT2D eigenvalue weighted by Gasteiger charge is -2.06. The van der Waals surface area contributed by atoms with Crippen LogP contribution in [0.5, 0.6) is 5.75 Å². The van der Waals surface area contributed by atoms with Crippen LogP contribution in [0, 0.1) is 10.1 Å². The van der Waals surface area contributed by atoms with Crippen molar-refractivity contribution in [2.75, 3.05) is 13.2 Å². The number of nitro groups is 1. The number of hydrogen-bond donors (Lipinski definition) is 1.